The van der Waals surface area contributed by atoms with Crippen molar-refractivity contribution in [3.8, 4) is 17.0 Å². The Labute approximate surface area is 302 Å². The fraction of sp³-hybridized carbons (Fsp3) is 0.583. The highest BCUT2D eigenvalue weighted by molar-refractivity contribution is 7.99. The van der Waals surface area contributed by atoms with Crippen LogP contribution in [-0.2, 0) is 35.7 Å². The summed E-state index contributed by atoms with van der Waals surface area (Å²) in [4.78, 5) is 4.49. The van der Waals surface area contributed by atoms with Crippen LogP contribution in [0.5, 0.6) is 5.75 Å². The number of para-hydroxylation sites is 1. The molecule has 51 heavy (non-hydrogen) atoms. The van der Waals surface area contributed by atoms with Crippen LogP contribution in [-0.4, -0.2) is 120 Å². The second-order valence-corrected chi connectivity index (χ2v) is 17.0. The van der Waals surface area contributed by atoms with E-state index in [1.165, 1.54) is 22.0 Å². The van der Waals surface area contributed by atoms with E-state index in [4.69, 9.17) is 9.84 Å². The van der Waals surface area contributed by atoms with Crippen LogP contribution < -0.4 is 4.74 Å². The van der Waals surface area contributed by atoms with Crippen LogP contribution in [0.15, 0.2) is 47.4 Å². The molecule has 0 saturated carbocycles. The quantitative estimate of drug-likeness (QED) is 0.255. The fourth-order valence-corrected chi connectivity index (χ4v) is 9.47. The molecule has 0 amide bonds. The van der Waals surface area contributed by atoms with E-state index in [9.17, 15) is 31.8 Å². The molecule has 4 heterocycles. The van der Waals surface area contributed by atoms with E-state index in [0.717, 1.165) is 61.5 Å². The summed E-state index contributed by atoms with van der Waals surface area (Å²) in [5, 5.41) is 26.0. The molecule has 0 radical (unpaired) electrons. The fourth-order valence-electron chi connectivity index (χ4n) is 7.57. The number of fused-ring (bicyclic) bond motifs is 1. The van der Waals surface area contributed by atoms with Gasteiger partial charge in [-0.15, -0.1) is 11.8 Å². The Bertz CT molecular complexity index is 1760. The molecule has 3 aromatic rings. The summed E-state index contributed by atoms with van der Waals surface area (Å²) in [7, 11) is -1.85. The molecule has 280 valence electrons. The number of thioether (sulfide) groups is 1. The monoisotopic (exact) mass is 751 g/mol. The van der Waals surface area contributed by atoms with Gasteiger partial charge in [-0.25, -0.2) is 8.42 Å². The average molecular weight is 752 g/mol. The first kappa shape index (κ1) is 38.1. The Morgan fingerprint density at radius 3 is 2.39 bits per heavy atom. The number of likely N-dealkylation sites (tertiary alicyclic amines) is 2. The first-order chi connectivity index (χ1) is 24.3. The van der Waals surface area contributed by atoms with Gasteiger partial charge < -0.3 is 24.7 Å². The zero-order valence-electron chi connectivity index (χ0n) is 29.2. The lowest BCUT2D eigenvalue weighted by Gasteiger charge is -2.34. The van der Waals surface area contributed by atoms with Gasteiger partial charge in [0.2, 0.25) is 10.0 Å². The van der Waals surface area contributed by atoms with Crippen LogP contribution in [0.1, 0.15) is 54.0 Å². The predicted octanol–water partition coefficient (Wildman–Crippen LogP) is 4.68. The van der Waals surface area contributed by atoms with E-state index < -0.39 is 27.9 Å². The van der Waals surface area contributed by atoms with E-state index in [2.05, 4.69) is 15.9 Å². The molecule has 3 aliphatic heterocycles. The first-order valence-electron chi connectivity index (χ1n) is 17.6. The normalized spacial score (nSPS) is 19.7. The van der Waals surface area contributed by atoms with Gasteiger partial charge in [-0.2, -0.15) is 22.6 Å². The van der Waals surface area contributed by atoms with Gasteiger partial charge in [-0.05, 0) is 68.5 Å². The van der Waals surface area contributed by atoms with Crippen LogP contribution in [0.3, 0.4) is 0 Å². The molecular weight excluding hydrogens is 704 g/mol. The number of alkyl halides is 3. The molecule has 6 rings (SSSR count). The molecular formula is C36H48F3N5O5S2. The maximum absolute atomic E-state index is 14.2. The van der Waals surface area contributed by atoms with Crippen molar-refractivity contribution in [2.24, 2.45) is 0 Å². The molecule has 1 aromatic heterocycles. The lowest BCUT2D eigenvalue weighted by atomic mass is 9.88. The number of piperidine rings is 2. The Morgan fingerprint density at radius 1 is 1.00 bits per heavy atom. The molecule has 15 heteroatoms. The molecule has 1 unspecified atom stereocenters. The summed E-state index contributed by atoms with van der Waals surface area (Å²) in [5.74, 6) is 1.71. The van der Waals surface area contributed by atoms with Crippen molar-refractivity contribution in [3.63, 3.8) is 0 Å². The number of benzene rings is 2. The molecule has 3 aliphatic rings. The third-order valence-corrected chi connectivity index (χ3v) is 12.7. The zero-order valence-corrected chi connectivity index (χ0v) is 30.8. The molecule has 2 saturated heterocycles. The van der Waals surface area contributed by atoms with Crippen LogP contribution in [0, 0.1) is 0 Å². The summed E-state index contributed by atoms with van der Waals surface area (Å²) in [6.07, 6.45) is -0.920. The first-order valence-corrected chi connectivity index (χ1v) is 20.5. The van der Waals surface area contributed by atoms with Crippen molar-refractivity contribution in [2.45, 2.75) is 74.4 Å². The lowest BCUT2D eigenvalue weighted by molar-refractivity contribution is -0.139. The van der Waals surface area contributed by atoms with Crippen LogP contribution >= 0.6 is 11.8 Å². The number of hydrogen-bond donors (Lipinski definition) is 2. The molecule has 0 spiro atoms. The number of nitrogens with zero attached hydrogens (tertiary/aromatic N) is 5. The Kier molecular flexibility index (Phi) is 12.1. The minimum Gasteiger partial charge on any atom is -0.496 e. The van der Waals surface area contributed by atoms with Crippen molar-refractivity contribution in [2.75, 3.05) is 64.9 Å². The number of rotatable bonds is 12. The van der Waals surface area contributed by atoms with Crippen LogP contribution in [0.25, 0.3) is 11.3 Å². The number of ether oxygens (including phenoxy) is 1. The van der Waals surface area contributed by atoms with Crippen LogP contribution in [0.4, 0.5) is 13.2 Å². The minimum atomic E-state index is -4.55. The number of sulfonamides is 1. The third kappa shape index (κ3) is 9.29. The number of β-amino-alcohol motifs (C(OH)–C–C–N with tert-alkyl or cyclic N) is 1. The highest BCUT2D eigenvalue weighted by Gasteiger charge is 2.35. The molecule has 2 N–H and O–H groups in total. The van der Waals surface area contributed by atoms with Gasteiger partial charge in [0, 0.05) is 73.2 Å². The highest BCUT2D eigenvalue weighted by atomic mass is 32.2. The largest absolute Gasteiger partial charge is 0.496 e. The van der Waals surface area contributed by atoms with Crippen molar-refractivity contribution < 1.29 is 36.5 Å². The number of methoxy groups -OCH3 is 1. The Morgan fingerprint density at radius 2 is 1.71 bits per heavy atom. The molecule has 0 bridgehead atoms. The molecule has 10 nitrogen and oxygen atoms in total. The summed E-state index contributed by atoms with van der Waals surface area (Å²) in [6, 6.07) is 12.1. The second kappa shape index (κ2) is 16.1. The third-order valence-electron chi connectivity index (χ3n) is 10.4. The average Bonchev–Trinajstić information content (AvgIpc) is 3.46. The van der Waals surface area contributed by atoms with Gasteiger partial charge in [-0.1, -0.05) is 24.3 Å². The second-order valence-electron chi connectivity index (χ2n) is 13.9. The smallest absolute Gasteiger partial charge is 0.417 e. The number of halogens is 3. The van der Waals surface area contributed by atoms with Gasteiger partial charge >= 0.3 is 6.18 Å². The molecule has 0 aliphatic carbocycles. The van der Waals surface area contributed by atoms with Crippen molar-refractivity contribution in [1.29, 1.82) is 0 Å². The predicted molar refractivity (Wildman–Crippen MR) is 191 cm³/mol. The maximum atomic E-state index is 14.2. The summed E-state index contributed by atoms with van der Waals surface area (Å²) < 4.78 is 76.3. The van der Waals surface area contributed by atoms with Gasteiger partial charge in [0.05, 0.1) is 43.4 Å². The maximum Gasteiger partial charge on any atom is 0.417 e. The van der Waals surface area contributed by atoms with Gasteiger partial charge in [0.1, 0.15) is 5.75 Å². The van der Waals surface area contributed by atoms with Crippen molar-refractivity contribution in [1.82, 2.24) is 23.9 Å². The summed E-state index contributed by atoms with van der Waals surface area (Å²) >= 11 is 1.14. The van der Waals surface area contributed by atoms with E-state index in [1.54, 1.807) is 11.8 Å². The molecule has 1 atom stereocenters. The minimum absolute atomic E-state index is 0.0559. The molecule has 2 fully saturated rings. The Hall–Kier alpha value is -2.66. The summed E-state index contributed by atoms with van der Waals surface area (Å²) in [5.41, 5.74) is 2.83. The topological polar surface area (TPSA) is 111 Å². The standard InChI is InChI=1S/C36H48F3N5O5S2/c1-49-33-6-4-3-5-29(33)25-9-14-42(15-10-25)22-28(46)23-44-32-13-18-43(51(2,47)48)24-30(32)35(40-44)26-7-8-31(36(37,38)39)34(21-26)50-20-19-41-16-11-27(45)12-17-41/h3-8,21,25,27-28,45-46H,9-20,22-24H2,1-2H3. The van der Waals surface area contributed by atoms with Gasteiger partial charge in [0.25, 0.3) is 0 Å². The lowest BCUT2D eigenvalue weighted by Crippen LogP contribution is -2.40. The molecule has 2 aromatic carbocycles. The van der Waals surface area contributed by atoms with Gasteiger partial charge in [-0.3, -0.25) is 4.68 Å². The van der Waals surface area contributed by atoms with Crippen molar-refractivity contribution >= 4 is 21.8 Å². The van der Waals surface area contributed by atoms with E-state index in [1.807, 2.05) is 18.2 Å². The van der Waals surface area contributed by atoms with E-state index in [-0.39, 0.29) is 30.6 Å². The number of aliphatic hydroxyl groups is 2. The Balaban J connectivity index is 1.20. The number of aliphatic hydroxyl groups excluding tert-OH is 2. The zero-order chi connectivity index (χ0) is 36.3. The number of aromatic nitrogens is 2. The van der Waals surface area contributed by atoms with Gasteiger partial charge in [0.15, 0.2) is 0 Å². The van der Waals surface area contributed by atoms with E-state index >= 15 is 0 Å². The number of hydrogen-bond acceptors (Lipinski definition) is 9. The SMILES string of the molecule is COc1ccccc1C1CCN(CC(O)Cn2nc(-c3ccc(C(F)(F)F)c(SCCN4CCC(O)CC4)c3)c3c2CCN(S(C)(=O)=O)C3)CC1. The summed E-state index contributed by atoms with van der Waals surface area (Å²) in [6.45, 7) is 4.58. The van der Waals surface area contributed by atoms with Crippen molar-refractivity contribution in [3.05, 3.63) is 64.8 Å². The highest BCUT2D eigenvalue weighted by Crippen LogP contribution is 2.41. The van der Waals surface area contributed by atoms with E-state index in [0.29, 0.717) is 73.9 Å². The van der Waals surface area contributed by atoms with Crippen LogP contribution in [0.2, 0.25) is 0 Å².